The number of hydrogen-bond donors (Lipinski definition) is 1. The number of carbonyl (C=O) groups is 1. The highest BCUT2D eigenvalue weighted by molar-refractivity contribution is 9.11. The zero-order valence-corrected chi connectivity index (χ0v) is 21.6. The van der Waals surface area contributed by atoms with Crippen LogP contribution in [0.1, 0.15) is 18.1 Å². The Hall–Kier alpha value is -3.68. The molecule has 3 rings (SSSR count). The van der Waals surface area contributed by atoms with Crippen molar-refractivity contribution >= 4 is 55.2 Å². The van der Waals surface area contributed by atoms with Crippen LogP contribution in [0.15, 0.2) is 75.2 Å². The number of carbonyl (C=O) groups excluding carboxylic acids is 1. The number of anilines is 1. The molecule has 0 aliphatic carbocycles. The number of rotatable bonds is 9. The molecule has 10 heteroatoms. The lowest BCUT2D eigenvalue weighted by molar-refractivity contribution is -0.384. The van der Waals surface area contributed by atoms with Crippen LogP contribution in [0.5, 0.6) is 11.5 Å². The van der Waals surface area contributed by atoms with Gasteiger partial charge in [0.2, 0.25) is 0 Å². The number of amides is 1. The molecule has 1 amide bonds. The summed E-state index contributed by atoms with van der Waals surface area (Å²) in [5.74, 6) is 0.577. The fourth-order valence-corrected chi connectivity index (χ4v) is 4.46. The van der Waals surface area contributed by atoms with Gasteiger partial charge in [-0.1, -0.05) is 6.07 Å². The average molecular weight is 601 g/mol. The maximum absolute atomic E-state index is 12.6. The van der Waals surface area contributed by atoms with E-state index in [9.17, 15) is 20.2 Å². The van der Waals surface area contributed by atoms with E-state index in [1.54, 1.807) is 48.5 Å². The standard InChI is InChI=1S/C25H19Br2N3O5/c1-2-34-21-5-3-4-19(13-21)29-25(31)18(14-28)10-17-11-22(26)24(23(27)12-17)35-15-16-6-8-20(9-7-16)30(32)33/h3-13H,2,15H2,1H3,(H,29,31)/b18-10-. The van der Waals surface area contributed by atoms with Gasteiger partial charge in [0.1, 0.15) is 29.7 Å². The number of halogens is 2. The van der Waals surface area contributed by atoms with Gasteiger partial charge in [-0.3, -0.25) is 14.9 Å². The third kappa shape index (κ3) is 7.15. The van der Waals surface area contributed by atoms with Gasteiger partial charge in [-0.15, -0.1) is 0 Å². The van der Waals surface area contributed by atoms with Gasteiger partial charge in [0, 0.05) is 23.9 Å². The number of nitrogens with one attached hydrogen (secondary N) is 1. The van der Waals surface area contributed by atoms with Crippen molar-refractivity contribution in [3.8, 4) is 17.6 Å². The molecule has 3 aromatic rings. The summed E-state index contributed by atoms with van der Waals surface area (Å²) in [5.41, 5.74) is 1.80. The van der Waals surface area contributed by atoms with E-state index < -0.39 is 10.8 Å². The highest BCUT2D eigenvalue weighted by atomic mass is 79.9. The predicted octanol–water partition coefficient (Wildman–Crippen LogP) is 6.64. The summed E-state index contributed by atoms with van der Waals surface area (Å²) in [5, 5.41) is 23.0. The minimum absolute atomic E-state index is 0.00610. The summed E-state index contributed by atoms with van der Waals surface area (Å²) in [4.78, 5) is 23.0. The van der Waals surface area contributed by atoms with Crippen molar-refractivity contribution in [1.82, 2.24) is 0 Å². The molecule has 0 aliphatic rings. The van der Waals surface area contributed by atoms with Crippen molar-refractivity contribution in [3.05, 3.63) is 96.4 Å². The minimum atomic E-state index is -0.549. The number of nitrogens with zero attached hydrogens (tertiary/aromatic N) is 2. The largest absolute Gasteiger partial charge is 0.494 e. The Morgan fingerprint density at radius 1 is 1.11 bits per heavy atom. The van der Waals surface area contributed by atoms with Crippen molar-refractivity contribution in [1.29, 1.82) is 5.26 Å². The summed E-state index contributed by atoms with van der Waals surface area (Å²) in [6.45, 7) is 2.55. The maximum atomic E-state index is 12.6. The quantitative estimate of drug-likeness (QED) is 0.127. The molecule has 8 nitrogen and oxygen atoms in total. The first kappa shape index (κ1) is 25.9. The number of hydrogen-bond acceptors (Lipinski definition) is 6. The molecule has 1 N–H and O–H groups in total. The van der Waals surface area contributed by atoms with Gasteiger partial charge in [-0.2, -0.15) is 5.26 Å². The molecule has 0 saturated carbocycles. The van der Waals surface area contributed by atoms with Crippen LogP contribution < -0.4 is 14.8 Å². The third-order valence-electron chi connectivity index (χ3n) is 4.63. The fourth-order valence-electron chi connectivity index (χ4n) is 3.01. The van der Waals surface area contributed by atoms with E-state index in [-0.39, 0.29) is 17.9 Å². The predicted molar refractivity (Wildman–Crippen MR) is 139 cm³/mol. The summed E-state index contributed by atoms with van der Waals surface area (Å²) >= 11 is 6.91. The lowest BCUT2D eigenvalue weighted by atomic mass is 10.1. The Morgan fingerprint density at radius 2 is 1.80 bits per heavy atom. The lowest BCUT2D eigenvalue weighted by Gasteiger charge is -2.12. The highest BCUT2D eigenvalue weighted by Crippen LogP contribution is 2.36. The first-order chi connectivity index (χ1) is 16.8. The zero-order valence-electron chi connectivity index (χ0n) is 18.5. The van der Waals surface area contributed by atoms with Crippen LogP contribution in [0.4, 0.5) is 11.4 Å². The summed E-state index contributed by atoms with van der Waals surface area (Å²) < 4.78 is 12.5. The number of nitriles is 1. The molecule has 0 atom stereocenters. The molecule has 0 unspecified atom stereocenters. The van der Waals surface area contributed by atoms with E-state index in [1.165, 1.54) is 18.2 Å². The van der Waals surface area contributed by atoms with Crippen molar-refractivity contribution in [2.75, 3.05) is 11.9 Å². The van der Waals surface area contributed by atoms with Crippen molar-refractivity contribution in [2.24, 2.45) is 0 Å². The fraction of sp³-hybridized carbons (Fsp3) is 0.120. The van der Waals surface area contributed by atoms with Crippen molar-refractivity contribution < 1.29 is 19.2 Å². The first-order valence-corrected chi connectivity index (χ1v) is 11.9. The molecular formula is C25H19Br2N3O5. The molecule has 0 aliphatic heterocycles. The molecule has 0 heterocycles. The number of nitro benzene ring substituents is 1. The molecule has 0 radical (unpaired) electrons. The van der Waals surface area contributed by atoms with Crippen LogP contribution in [-0.2, 0) is 11.4 Å². The van der Waals surface area contributed by atoms with E-state index in [0.29, 0.717) is 38.3 Å². The van der Waals surface area contributed by atoms with Gasteiger partial charge < -0.3 is 14.8 Å². The SMILES string of the molecule is CCOc1cccc(NC(=O)/C(C#N)=C\c2cc(Br)c(OCc3ccc([N+](=O)[O-])cc3)c(Br)c2)c1. The van der Waals surface area contributed by atoms with Gasteiger partial charge in [-0.05, 0) is 92.4 Å². The van der Waals surface area contributed by atoms with Gasteiger partial charge in [0.05, 0.1) is 20.5 Å². The average Bonchev–Trinajstić information content (AvgIpc) is 2.82. The Balaban J connectivity index is 1.73. The van der Waals surface area contributed by atoms with E-state index in [2.05, 4.69) is 37.2 Å². The van der Waals surface area contributed by atoms with Crippen LogP contribution >= 0.6 is 31.9 Å². The summed E-state index contributed by atoms with van der Waals surface area (Å²) in [6.07, 6.45) is 1.47. The molecule has 3 aromatic carbocycles. The summed E-state index contributed by atoms with van der Waals surface area (Å²) in [7, 11) is 0. The van der Waals surface area contributed by atoms with E-state index in [1.807, 2.05) is 13.0 Å². The van der Waals surface area contributed by atoms with Crippen LogP contribution in [0, 0.1) is 21.4 Å². The van der Waals surface area contributed by atoms with Gasteiger partial charge in [0.15, 0.2) is 0 Å². The smallest absolute Gasteiger partial charge is 0.269 e. The molecule has 0 spiro atoms. The molecule has 0 fully saturated rings. The summed E-state index contributed by atoms with van der Waals surface area (Å²) in [6, 6.07) is 18.4. The van der Waals surface area contributed by atoms with E-state index in [4.69, 9.17) is 9.47 Å². The van der Waals surface area contributed by atoms with Crippen molar-refractivity contribution in [2.45, 2.75) is 13.5 Å². The number of non-ortho nitro benzene ring substituents is 1. The number of nitro groups is 1. The van der Waals surface area contributed by atoms with E-state index in [0.717, 1.165) is 5.56 Å². The Morgan fingerprint density at radius 3 is 2.40 bits per heavy atom. The molecule has 0 bridgehead atoms. The second kappa shape index (κ2) is 12.1. The maximum Gasteiger partial charge on any atom is 0.269 e. The van der Waals surface area contributed by atoms with Crippen LogP contribution in [0.2, 0.25) is 0 Å². The van der Waals surface area contributed by atoms with Crippen LogP contribution in [0.25, 0.3) is 6.08 Å². The third-order valence-corrected chi connectivity index (χ3v) is 5.81. The Bertz CT molecular complexity index is 1290. The Kier molecular flexibility index (Phi) is 9.00. The molecule has 0 saturated heterocycles. The van der Waals surface area contributed by atoms with Crippen LogP contribution in [-0.4, -0.2) is 17.4 Å². The van der Waals surface area contributed by atoms with Crippen molar-refractivity contribution in [3.63, 3.8) is 0 Å². The lowest BCUT2D eigenvalue weighted by Crippen LogP contribution is -2.13. The van der Waals surface area contributed by atoms with Gasteiger partial charge >= 0.3 is 0 Å². The zero-order chi connectivity index (χ0) is 25.4. The number of ether oxygens (including phenoxy) is 2. The highest BCUT2D eigenvalue weighted by Gasteiger charge is 2.13. The molecule has 0 aromatic heterocycles. The van der Waals surface area contributed by atoms with Gasteiger partial charge in [0.25, 0.3) is 11.6 Å². The first-order valence-electron chi connectivity index (χ1n) is 10.3. The molecule has 178 valence electrons. The number of benzene rings is 3. The topological polar surface area (TPSA) is 114 Å². The second-order valence-corrected chi connectivity index (χ2v) is 8.82. The second-order valence-electron chi connectivity index (χ2n) is 7.11. The Labute approximate surface area is 218 Å². The van der Waals surface area contributed by atoms with Crippen LogP contribution in [0.3, 0.4) is 0 Å². The molecule has 35 heavy (non-hydrogen) atoms. The molecular weight excluding hydrogens is 582 g/mol. The van der Waals surface area contributed by atoms with E-state index >= 15 is 0 Å². The minimum Gasteiger partial charge on any atom is -0.494 e. The normalized spacial score (nSPS) is 10.9. The van der Waals surface area contributed by atoms with Gasteiger partial charge in [-0.25, -0.2) is 0 Å². The monoisotopic (exact) mass is 599 g/mol.